The van der Waals surface area contributed by atoms with Crippen LogP contribution in [0.2, 0.25) is 0 Å². The molecule has 2 unspecified atom stereocenters. The van der Waals surface area contributed by atoms with Gasteiger partial charge in [0.05, 0.1) is 13.2 Å². The van der Waals surface area contributed by atoms with E-state index in [0.29, 0.717) is 13.0 Å². The molecule has 1 aromatic carbocycles. The molecular formula is C18H25NO4. The summed E-state index contributed by atoms with van der Waals surface area (Å²) >= 11 is 0. The normalized spacial score (nSPS) is 21.7. The number of rotatable bonds is 3. The predicted molar refractivity (Wildman–Crippen MR) is 87.8 cm³/mol. The van der Waals surface area contributed by atoms with Crippen LogP contribution < -0.4 is 4.74 Å². The van der Waals surface area contributed by atoms with Crippen molar-refractivity contribution in [1.82, 2.24) is 4.90 Å². The zero-order chi connectivity index (χ0) is 17.0. The maximum atomic E-state index is 12.3. The van der Waals surface area contributed by atoms with Crippen molar-refractivity contribution in [1.29, 1.82) is 0 Å². The molecule has 2 atom stereocenters. The van der Waals surface area contributed by atoms with Crippen LogP contribution in [0.4, 0.5) is 4.79 Å². The number of nitrogens with zero attached hydrogens (tertiary/aromatic N) is 1. The van der Waals surface area contributed by atoms with E-state index in [1.807, 2.05) is 45.0 Å². The number of ether oxygens (including phenoxy) is 2. The SMILES string of the molecule is COc1ccccc1C1CCN(C(=O)OC(C)(C)C)C(C=O)C1. The monoisotopic (exact) mass is 319 g/mol. The Labute approximate surface area is 137 Å². The summed E-state index contributed by atoms with van der Waals surface area (Å²) < 4.78 is 10.8. The lowest BCUT2D eigenvalue weighted by molar-refractivity contribution is -0.113. The fourth-order valence-corrected chi connectivity index (χ4v) is 2.96. The molecule has 1 heterocycles. The van der Waals surface area contributed by atoms with Crippen molar-refractivity contribution in [3.63, 3.8) is 0 Å². The van der Waals surface area contributed by atoms with Crippen molar-refractivity contribution in [3.8, 4) is 5.75 Å². The second kappa shape index (κ2) is 7.02. The second-order valence-electron chi connectivity index (χ2n) is 6.84. The van der Waals surface area contributed by atoms with Crippen molar-refractivity contribution in [2.45, 2.75) is 51.2 Å². The first-order valence-electron chi connectivity index (χ1n) is 7.93. The van der Waals surface area contributed by atoms with Gasteiger partial charge in [-0.1, -0.05) is 18.2 Å². The Kier molecular flexibility index (Phi) is 5.29. The minimum absolute atomic E-state index is 0.194. The molecule has 126 valence electrons. The van der Waals surface area contributed by atoms with Gasteiger partial charge in [0, 0.05) is 6.54 Å². The Morgan fingerprint density at radius 3 is 2.61 bits per heavy atom. The lowest BCUT2D eigenvalue weighted by atomic mass is 9.85. The van der Waals surface area contributed by atoms with E-state index in [2.05, 4.69) is 0 Å². The van der Waals surface area contributed by atoms with E-state index in [1.54, 1.807) is 7.11 Å². The molecule has 1 aliphatic rings. The van der Waals surface area contributed by atoms with E-state index in [9.17, 15) is 9.59 Å². The molecule has 2 rings (SSSR count). The number of amides is 1. The maximum absolute atomic E-state index is 12.3. The number of aldehydes is 1. The van der Waals surface area contributed by atoms with Gasteiger partial charge in [-0.2, -0.15) is 0 Å². The van der Waals surface area contributed by atoms with Crippen LogP contribution in [0.3, 0.4) is 0 Å². The highest BCUT2D eigenvalue weighted by Crippen LogP contribution is 2.36. The number of piperidine rings is 1. The molecule has 0 bridgehead atoms. The third-order valence-corrected chi connectivity index (χ3v) is 4.01. The average molecular weight is 319 g/mol. The number of likely N-dealkylation sites (tertiary alicyclic amines) is 1. The molecule has 0 N–H and O–H groups in total. The third kappa shape index (κ3) is 4.24. The van der Waals surface area contributed by atoms with Crippen LogP contribution in [-0.4, -0.2) is 42.6 Å². The highest BCUT2D eigenvalue weighted by Gasteiger charge is 2.35. The number of methoxy groups -OCH3 is 1. The van der Waals surface area contributed by atoms with Crippen molar-refractivity contribution >= 4 is 12.4 Å². The zero-order valence-electron chi connectivity index (χ0n) is 14.2. The third-order valence-electron chi connectivity index (χ3n) is 4.01. The van der Waals surface area contributed by atoms with Crippen LogP contribution in [0.25, 0.3) is 0 Å². The molecule has 1 aliphatic heterocycles. The first-order chi connectivity index (χ1) is 10.9. The van der Waals surface area contributed by atoms with Gasteiger partial charge in [-0.05, 0) is 51.2 Å². The first-order valence-corrected chi connectivity index (χ1v) is 7.93. The lowest BCUT2D eigenvalue weighted by Crippen LogP contribution is -2.48. The van der Waals surface area contributed by atoms with Crippen molar-refractivity contribution in [2.24, 2.45) is 0 Å². The van der Waals surface area contributed by atoms with Crippen molar-refractivity contribution in [2.75, 3.05) is 13.7 Å². The Morgan fingerprint density at radius 2 is 2.00 bits per heavy atom. The summed E-state index contributed by atoms with van der Waals surface area (Å²) in [5.74, 6) is 1.02. The van der Waals surface area contributed by atoms with Crippen molar-refractivity contribution in [3.05, 3.63) is 29.8 Å². The summed E-state index contributed by atoms with van der Waals surface area (Å²) in [6.45, 7) is 5.97. The second-order valence-corrected chi connectivity index (χ2v) is 6.84. The van der Waals surface area contributed by atoms with E-state index in [1.165, 1.54) is 4.90 Å². The van der Waals surface area contributed by atoms with Crippen LogP contribution in [0.15, 0.2) is 24.3 Å². The van der Waals surface area contributed by atoms with Gasteiger partial charge in [-0.15, -0.1) is 0 Å². The van der Waals surface area contributed by atoms with E-state index < -0.39 is 17.7 Å². The average Bonchev–Trinajstić information content (AvgIpc) is 2.52. The molecule has 0 radical (unpaired) electrons. The van der Waals surface area contributed by atoms with E-state index in [-0.39, 0.29) is 5.92 Å². The summed E-state index contributed by atoms with van der Waals surface area (Å²) in [5, 5.41) is 0. The number of carbonyl (C=O) groups is 2. The fourth-order valence-electron chi connectivity index (χ4n) is 2.96. The molecule has 1 aromatic rings. The molecule has 1 fully saturated rings. The largest absolute Gasteiger partial charge is 0.496 e. The van der Waals surface area contributed by atoms with Crippen LogP contribution >= 0.6 is 0 Å². The van der Waals surface area contributed by atoms with Crippen LogP contribution in [0.5, 0.6) is 5.75 Å². The van der Waals surface area contributed by atoms with Gasteiger partial charge in [0.1, 0.15) is 17.6 Å². The quantitative estimate of drug-likeness (QED) is 0.802. The number of hydrogen-bond acceptors (Lipinski definition) is 4. The zero-order valence-corrected chi connectivity index (χ0v) is 14.2. The minimum Gasteiger partial charge on any atom is -0.496 e. The summed E-state index contributed by atoms with van der Waals surface area (Å²) in [4.78, 5) is 25.3. The number of carbonyl (C=O) groups excluding carboxylic acids is 2. The van der Waals surface area contributed by atoms with Gasteiger partial charge in [-0.25, -0.2) is 4.79 Å². The topological polar surface area (TPSA) is 55.8 Å². The molecule has 0 aromatic heterocycles. The highest BCUT2D eigenvalue weighted by molar-refractivity contribution is 5.74. The van der Waals surface area contributed by atoms with E-state index >= 15 is 0 Å². The molecule has 5 heteroatoms. The Hall–Kier alpha value is -2.04. The highest BCUT2D eigenvalue weighted by atomic mass is 16.6. The van der Waals surface area contributed by atoms with Crippen molar-refractivity contribution < 1.29 is 19.1 Å². The Bertz CT molecular complexity index is 564. The van der Waals surface area contributed by atoms with Crippen LogP contribution in [0, 0.1) is 0 Å². The van der Waals surface area contributed by atoms with Crippen LogP contribution in [0.1, 0.15) is 45.1 Å². The molecular weight excluding hydrogens is 294 g/mol. The van der Waals surface area contributed by atoms with Gasteiger partial charge >= 0.3 is 6.09 Å². The smallest absolute Gasteiger partial charge is 0.410 e. The summed E-state index contributed by atoms with van der Waals surface area (Å²) in [6.07, 6.45) is 1.78. The Balaban J connectivity index is 2.12. The molecule has 0 aliphatic carbocycles. The summed E-state index contributed by atoms with van der Waals surface area (Å²) in [6, 6.07) is 7.37. The predicted octanol–water partition coefficient (Wildman–Crippen LogP) is 3.38. The summed E-state index contributed by atoms with van der Waals surface area (Å²) in [5.41, 5.74) is 0.523. The molecule has 1 amide bonds. The molecule has 1 saturated heterocycles. The lowest BCUT2D eigenvalue weighted by Gasteiger charge is -2.37. The number of para-hydroxylation sites is 1. The number of benzene rings is 1. The molecule has 0 saturated carbocycles. The molecule has 0 spiro atoms. The maximum Gasteiger partial charge on any atom is 0.410 e. The summed E-state index contributed by atoms with van der Waals surface area (Å²) in [7, 11) is 1.64. The van der Waals surface area contributed by atoms with Gasteiger partial charge < -0.3 is 14.3 Å². The number of hydrogen-bond donors (Lipinski definition) is 0. The van der Waals surface area contributed by atoms with Gasteiger partial charge in [0.25, 0.3) is 0 Å². The van der Waals surface area contributed by atoms with Gasteiger partial charge in [0.2, 0.25) is 0 Å². The molecule has 5 nitrogen and oxygen atoms in total. The Morgan fingerprint density at radius 1 is 1.30 bits per heavy atom. The van der Waals surface area contributed by atoms with Gasteiger partial charge in [-0.3, -0.25) is 4.90 Å². The minimum atomic E-state index is -0.565. The standard InChI is InChI=1S/C18H25NO4/c1-18(2,3)23-17(21)19-10-9-13(11-14(19)12-20)15-7-5-6-8-16(15)22-4/h5-8,12-14H,9-11H2,1-4H3. The van der Waals surface area contributed by atoms with Gasteiger partial charge in [0.15, 0.2) is 0 Å². The fraction of sp³-hybridized carbons (Fsp3) is 0.556. The van der Waals surface area contributed by atoms with Crippen LogP contribution in [-0.2, 0) is 9.53 Å². The first kappa shape index (κ1) is 17.3. The molecule has 23 heavy (non-hydrogen) atoms. The van der Waals surface area contributed by atoms with E-state index in [0.717, 1.165) is 24.0 Å². The van der Waals surface area contributed by atoms with E-state index in [4.69, 9.17) is 9.47 Å².